The second-order valence-electron chi connectivity index (χ2n) is 6.49. The Morgan fingerprint density at radius 1 is 0.929 bits per heavy atom. The normalized spacial score (nSPS) is 34.0. The third-order valence-electron chi connectivity index (χ3n) is 4.16. The predicted molar refractivity (Wildman–Crippen MR) is 95.1 cm³/mol. The van der Waals surface area contributed by atoms with Gasteiger partial charge in [0.25, 0.3) is 20.2 Å². The lowest BCUT2D eigenvalue weighted by molar-refractivity contribution is -0.351. The summed E-state index contributed by atoms with van der Waals surface area (Å²) in [6, 6.07) is 8.99. The average molecular weight is 438 g/mol. The van der Waals surface area contributed by atoms with Gasteiger partial charge >= 0.3 is 0 Å². The second kappa shape index (κ2) is 8.32. The minimum atomic E-state index is -3.98. The number of fused-ring (bicyclic) bond motifs is 1. The average Bonchev–Trinajstić information content (AvgIpc) is 2.61. The first-order chi connectivity index (χ1) is 13.1. The highest BCUT2D eigenvalue weighted by Crippen LogP contribution is 2.37. The Bertz CT molecular complexity index is 870. The summed E-state index contributed by atoms with van der Waals surface area (Å²) >= 11 is 0. The Morgan fingerprint density at radius 2 is 1.54 bits per heavy atom. The zero-order chi connectivity index (χ0) is 20.5. The van der Waals surface area contributed by atoms with Crippen molar-refractivity contribution >= 4 is 20.2 Å². The Balaban J connectivity index is 1.93. The highest BCUT2D eigenvalue weighted by atomic mass is 32.2. The van der Waals surface area contributed by atoms with E-state index in [9.17, 15) is 16.8 Å². The van der Waals surface area contributed by atoms with Crippen LogP contribution < -0.4 is 0 Å². The first-order valence-corrected chi connectivity index (χ1v) is 12.0. The number of methoxy groups -OCH3 is 1. The molecule has 6 atom stereocenters. The molecule has 6 unspecified atom stereocenters. The van der Waals surface area contributed by atoms with E-state index in [0.29, 0.717) is 5.56 Å². The molecule has 28 heavy (non-hydrogen) atoms. The van der Waals surface area contributed by atoms with Crippen LogP contribution in [0.15, 0.2) is 30.3 Å². The molecular formula is C16H22O10S2. The summed E-state index contributed by atoms with van der Waals surface area (Å²) in [5.74, 6) is 0. The zero-order valence-corrected chi connectivity index (χ0v) is 17.1. The molecule has 12 heteroatoms. The van der Waals surface area contributed by atoms with Crippen molar-refractivity contribution in [1.29, 1.82) is 0 Å². The van der Waals surface area contributed by atoms with Crippen LogP contribution >= 0.6 is 0 Å². The lowest BCUT2D eigenvalue weighted by Gasteiger charge is -2.47. The molecule has 2 heterocycles. The maximum absolute atomic E-state index is 11.8. The first-order valence-electron chi connectivity index (χ1n) is 8.34. The summed E-state index contributed by atoms with van der Waals surface area (Å²) in [6.07, 6.45) is -4.79. The summed E-state index contributed by atoms with van der Waals surface area (Å²) in [6.45, 7) is 0.0549. The molecular weight excluding hydrogens is 416 g/mol. The molecule has 0 bridgehead atoms. The standard InChI is InChI=1S/C16H22O10S2/c1-21-16-14(26-28(3,19)20)13(25-27(2,17)18)12-11(23-16)9-22-15(24-12)10-7-5-4-6-8-10/h4-8,11-16H,9H2,1-3H3. The molecule has 2 aliphatic heterocycles. The Labute approximate surface area is 163 Å². The van der Waals surface area contributed by atoms with Crippen LogP contribution in [0, 0.1) is 0 Å². The van der Waals surface area contributed by atoms with E-state index in [4.69, 9.17) is 27.3 Å². The number of ether oxygens (including phenoxy) is 4. The molecule has 2 aliphatic rings. The minimum absolute atomic E-state index is 0.0549. The van der Waals surface area contributed by atoms with Gasteiger partial charge in [0.15, 0.2) is 18.7 Å². The molecule has 0 radical (unpaired) electrons. The molecule has 1 aromatic carbocycles. The Morgan fingerprint density at radius 3 is 2.11 bits per heavy atom. The van der Waals surface area contributed by atoms with Crippen molar-refractivity contribution in [2.75, 3.05) is 26.2 Å². The minimum Gasteiger partial charge on any atom is -0.353 e. The molecule has 1 aromatic rings. The van der Waals surface area contributed by atoms with E-state index in [1.54, 1.807) is 24.3 Å². The highest BCUT2D eigenvalue weighted by Gasteiger charge is 2.54. The lowest BCUT2D eigenvalue weighted by atomic mass is 9.98. The molecule has 10 nitrogen and oxygen atoms in total. The van der Waals surface area contributed by atoms with Gasteiger partial charge in [-0.1, -0.05) is 30.3 Å². The molecule has 0 aromatic heterocycles. The summed E-state index contributed by atoms with van der Waals surface area (Å²) < 4.78 is 79.7. The van der Waals surface area contributed by atoms with Crippen LogP contribution in [0.1, 0.15) is 11.9 Å². The topological polar surface area (TPSA) is 124 Å². The van der Waals surface area contributed by atoms with E-state index in [0.717, 1.165) is 12.5 Å². The largest absolute Gasteiger partial charge is 0.353 e. The van der Waals surface area contributed by atoms with E-state index in [1.807, 2.05) is 6.07 Å². The summed E-state index contributed by atoms with van der Waals surface area (Å²) in [5.41, 5.74) is 0.702. The second-order valence-corrected chi connectivity index (χ2v) is 9.69. The lowest BCUT2D eigenvalue weighted by Crippen LogP contribution is -2.64. The number of hydrogen-bond donors (Lipinski definition) is 0. The van der Waals surface area contributed by atoms with Gasteiger partial charge in [-0.2, -0.15) is 16.8 Å². The Hall–Kier alpha value is -1.12. The van der Waals surface area contributed by atoms with E-state index in [-0.39, 0.29) is 6.61 Å². The molecule has 0 spiro atoms. The van der Waals surface area contributed by atoms with Gasteiger partial charge in [0, 0.05) is 12.7 Å². The van der Waals surface area contributed by atoms with E-state index >= 15 is 0 Å². The van der Waals surface area contributed by atoms with E-state index in [1.165, 1.54) is 7.11 Å². The van der Waals surface area contributed by atoms with Gasteiger partial charge in [-0.05, 0) is 0 Å². The molecule has 0 saturated carbocycles. The van der Waals surface area contributed by atoms with Gasteiger partial charge in [0.1, 0.15) is 18.3 Å². The smallest absolute Gasteiger partial charge is 0.264 e. The Kier molecular flexibility index (Phi) is 6.41. The fourth-order valence-electron chi connectivity index (χ4n) is 3.13. The van der Waals surface area contributed by atoms with Crippen LogP contribution in [0.3, 0.4) is 0 Å². The van der Waals surface area contributed by atoms with Crippen LogP contribution in [0.5, 0.6) is 0 Å². The van der Waals surface area contributed by atoms with Crippen molar-refractivity contribution in [1.82, 2.24) is 0 Å². The van der Waals surface area contributed by atoms with Gasteiger partial charge in [0.2, 0.25) is 0 Å². The van der Waals surface area contributed by atoms with Crippen LogP contribution in [0.25, 0.3) is 0 Å². The quantitative estimate of drug-likeness (QED) is 0.567. The van der Waals surface area contributed by atoms with Crippen molar-refractivity contribution in [2.24, 2.45) is 0 Å². The van der Waals surface area contributed by atoms with Gasteiger partial charge in [-0.3, -0.25) is 8.37 Å². The fourth-order valence-corrected chi connectivity index (χ4v) is 4.36. The molecule has 0 N–H and O–H groups in total. The van der Waals surface area contributed by atoms with Crippen molar-refractivity contribution in [3.63, 3.8) is 0 Å². The monoisotopic (exact) mass is 438 g/mol. The van der Waals surface area contributed by atoms with Gasteiger partial charge in [-0.25, -0.2) is 0 Å². The maximum atomic E-state index is 11.8. The molecule has 2 fully saturated rings. The van der Waals surface area contributed by atoms with Crippen LogP contribution in [0.2, 0.25) is 0 Å². The molecule has 2 saturated heterocycles. The summed E-state index contributed by atoms with van der Waals surface area (Å²) in [4.78, 5) is 0. The predicted octanol–water partition coefficient (Wildman–Crippen LogP) is 0.162. The van der Waals surface area contributed by atoms with E-state index in [2.05, 4.69) is 0 Å². The van der Waals surface area contributed by atoms with Crippen LogP contribution in [-0.2, 0) is 47.5 Å². The molecule has 158 valence electrons. The summed E-state index contributed by atoms with van der Waals surface area (Å²) in [7, 11) is -6.69. The first kappa shape index (κ1) is 21.6. The van der Waals surface area contributed by atoms with Crippen LogP contribution in [-0.4, -0.2) is 73.8 Å². The number of benzene rings is 1. The number of rotatable bonds is 6. The van der Waals surface area contributed by atoms with Crippen LogP contribution in [0.4, 0.5) is 0 Å². The SMILES string of the molecule is COC1OC2COC(c3ccccc3)OC2C(OS(C)(=O)=O)C1OS(C)(=O)=O. The van der Waals surface area contributed by atoms with Gasteiger partial charge in [-0.15, -0.1) is 0 Å². The highest BCUT2D eigenvalue weighted by molar-refractivity contribution is 7.86. The van der Waals surface area contributed by atoms with Crippen molar-refractivity contribution in [2.45, 2.75) is 37.0 Å². The molecule has 0 aliphatic carbocycles. The molecule has 0 amide bonds. The van der Waals surface area contributed by atoms with E-state index < -0.39 is 57.2 Å². The summed E-state index contributed by atoms with van der Waals surface area (Å²) in [5, 5.41) is 0. The third kappa shape index (κ3) is 5.27. The van der Waals surface area contributed by atoms with Gasteiger partial charge in [0.05, 0.1) is 19.1 Å². The van der Waals surface area contributed by atoms with Gasteiger partial charge < -0.3 is 18.9 Å². The third-order valence-corrected chi connectivity index (χ3v) is 5.30. The van der Waals surface area contributed by atoms with Crippen molar-refractivity contribution in [3.05, 3.63) is 35.9 Å². The fraction of sp³-hybridized carbons (Fsp3) is 0.625. The van der Waals surface area contributed by atoms with Crippen molar-refractivity contribution < 1.29 is 44.1 Å². The van der Waals surface area contributed by atoms with Crippen molar-refractivity contribution in [3.8, 4) is 0 Å². The zero-order valence-electron chi connectivity index (χ0n) is 15.5. The number of hydrogen-bond acceptors (Lipinski definition) is 10. The molecule has 3 rings (SSSR count). The maximum Gasteiger partial charge on any atom is 0.264 e.